The van der Waals surface area contributed by atoms with Crippen LogP contribution in [0.5, 0.6) is 0 Å². The first-order valence-electron chi connectivity index (χ1n) is 13.7. The number of carbonyl (C=O) groups is 3. The molecule has 2 heterocycles. The fraction of sp³-hybridized carbons (Fsp3) is 0.344. The zero-order chi connectivity index (χ0) is 30.6. The Morgan fingerprint density at radius 2 is 1.74 bits per heavy atom. The lowest BCUT2D eigenvalue weighted by atomic mass is 9.62. The number of nitrogens with one attached hydrogen (secondary N) is 3. The van der Waals surface area contributed by atoms with Crippen molar-refractivity contribution in [1.82, 2.24) is 10.2 Å². The Bertz CT molecular complexity index is 1570. The van der Waals surface area contributed by atoms with Crippen LogP contribution < -0.4 is 16.0 Å². The number of rotatable bonds is 5. The molecular weight excluding hydrogens is 578 g/mol. The molecule has 0 aromatic heterocycles. The minimum absolute atomic E-state index is 0.100. The molecular formula is C32H33Cl2FN4O3. The number of benzene rings is 3. The van der Waals surface area contributed by atoms with Gasteiger partial charge in [-0.2, -0.15) is 0 Å². The maximum atomic E-state index is 15.9. The van der Waals surface area contributed by atoms with Crippen LogP contribution >= 0.6 is 23.2 Å². The lowest BCUT2D eigenvalue weighted by molar-refractivity contribution is -0.122. The van der Waals surface area contributed by atoms with Crippen LogP contribution in [-0.2, 0) is 15.0 Å². The molecule has 1 unspecified atom stereocenters. The quantitative estimate of drug-likeness (QED) is 0.320. The van der Waals surface area contributed by atoms with Gasteiger partial charge in [0.25, 0.3) is 5.91 Å². The van der Waals surface area contributed by atoms with Gasteiger partial charge in [-0.05, 0) is 65.4 Å². The highest BCUT2D eigenvalue weighted by atomic mass is 35.5. The van der Waals surface area contributed by atoms with Gasteiger partial charge in [-0.25, -0.2) is 4.39 Å². The molecule has 3 aromatic carbocycles. The normalized spacial score (nSPS) is 23.0. The van der Waals surface area contributed by atoms with Gasteiger partial charge >= 0.3 is 0 Å². The molecule has 1 spiro atoms. The molecule has 2 aliphatic heterocycles. The first-order chi connectivity index (χ1) is 19.7. The SMILES string of the molecule is CN(C)C(=O)c1ccc(NC(=O)[C@@H]2N[C@@H](CC(C)(C)C)C3(C(=O)Nc4cc(Cl)ccc43)[C@@H]2c2cccc(Cl)c2F)cc1. The third-order valence-electron chi connectivity index (χ3n) is 8.03. The Balaban J connectivity index is 1.65. The Kier molecular flexibility index (Phi) is 7.85. The number of fused-ring (bicyclic) bond motifs is 2. The van der Waals surface area contributed by atoms with E-state index in [0.717, 1.165) is 0 Å². The Hall–Kier alpha value is -3.46. The van der Waals surface area contributed by atoms with E-state index in [1.54, 1.807) is 68.7 Å². The number of hydrogen-bond donors (Lipinski definition) is 3. The van der Waals surface area contributed by atoms with Gasteiger partial charge in [0, 0.05) is 48.0 Å². The number of halogens is 3. The molecule has 1 fully saturated rings. The van der Waals surface area contributed by atoms with Gasteiger partial charge in [0.05, 0.1) is 11.1 Å². The summed E-state index contributed by atoms with van der Waals surface area (Å²) in [5, 5.41) is 9.68. The summed E-state index contributed by atoms with van der Waals surface area (Å²) in [6.45, 7) is 6.16. The second-order valence-electron chi connectivity index (χ2n) is 12.4. The summed E-state index contributed by atoms with van der Waals surface area (Å²) in [5.41, 5.74) is 0.668. The molecule has 0 aliphatic carbocycles. The van der Waals surface area contributed by atoms with Gasteiger partial charge in [-0.15, -0.1) is 0 Å². The molecule has 0 saturated carbocycles. The highest BCUT2D eigenvalue weighted by Gasteiger charge is 2.66. The Labute approximate surface area is 254 Å². The predicted octanol–water partition coefficient (Wildman–Crippen LogP) is 6.22. The molecule has 4 atom stereocenters. The molecule has 3 aromatic rings. The number of nitrogens with zero attached hydrogens (tertiary/aromatic N) is 1. The number of hydrogen-bond acceptors (Lipinski definition) is 4. The van der Waals surface area contributed by atoms with Crippen molar-refractivity contribution in [2.75, 3.05) is 24.7 Å². The van der Waals surface area contributed by atoms with Crippen molar-refractivity contribution in [3.63, 3.8) is 0 Å². The zero-order valence-corrected chi connectivity index (χ0v) is 25.5. The third-order valence-corrected chi connectivity index (χ3v) is 8.55. The summed E-state index contributed by atoms with van der Waals surface area (Å²) in [6.07, 6.45) is 0.506. The summed E-state index contributed by atoms with van der Waals surface area (Å²) in [7, 11) is 3.32. The minimum Gasteiger partial charge on any atom is -0.345 e. The van der Waals surface area contributed by atoms with Crippen molar-refractivity contribution >= 4 is 52.3 Å². The van der Waals surface area contributed by atoms with Gasteiger partial charge in [-0.3, -0.25) is 14.4 Å². The molecule has 10 heteroatoms. The van der Waals surface area contributed by atoms with E-state index in [2.05, 4.69) is 36.7 Å². The van der Waals surface area contributed by atoms with Gasteiger partial charge in [0.15, 0.2) is 0 Å². The van der Waals surface area contributed by atoms with Crippen LogP contribution in [0.15, 0.2) is 60.7 Å². The molecule has 7 nitrogen and oxygen atoms in total. The van der Waals surface area contributed by atoms with Crippen molar-refractivity contribution in [3.8, 4) is 0 Å². The fourth-order valence-electron chi connectivity index (χ4n) is 6.33. The summed E-state index contributed by atoms with van der Waals surface area (Å²) in [4.78, 5) is 42.1. The molecule has 3 amide bonds. The van der Waals surface area contributed by atoms with Crippen LogP contribution in [-0.4, -0.2) is 48.8 Å². The van der Waals surface area contributed by atoms with Crippen LogP contribution in [0.2, 0.25) is 10.0 Å². The van der Waals surface area contributed by atoms with E-state index in [4.69, 9.17) is 23.2 Å². The minimum atomic E-state index is -1.34. The number of anilines is 2. The topological polar surface area (TPSA) is 90.5 Å². The molecule has 2 aliphatic rings. The molecule has 0 radical (unpaired) electrons. The third kappa shape index (κ3) is 5.16. The smallest absolute Gasteiger partial charge is 0.253 e. The lowest BCUT2D eigenvalue weighted by Crippen LogP contribution is -2.49. The van der Waals surface area contributed by atoms with Crippen molar-refractivity contribution in [3.05, 3.63) is 93.2 Å². The van der Waals surface area contributed by atoms with E-state index in [1.807, 2.05) is 0 Å². The van der Waals surface area contributed by atoms with E-state index in [-0.39, 0.29) is 27.8 Å². The van der Waals surface area contributed by atoms with Crippen molar-refractivity contribution in [1.29, 1.82) is 0 Å². The molecule has 42 heavy (non-hydrogen) atoms. The predicted molar refractivity (Wildman–Crippen MR) is 164 cm³/mol. The molecule has 220 valence electrons. The summed E-state index contributed by atoms with van der Waals surface area (Å²) < 4.78 is 15.9. The summed E-state index contributed by atoms with van der Waals surface area (Å²) >= 11 is 12.6. The molecule has 5 rings (SSSR count). The zero-order valence-electron chi connectivity index (χ0n) is 24.0. The average Bonchev–Trinajstić information content (AvgIpc) is 3.39. The first kappa shape index (κ1) is 30.0. The van der Waals surface area contributed by atoms with E-state index in [0.29, 0.717) is 33.9 Å². The highest BCUT2D eigenvalue weighted by molar-refractivity contribution is 6.31. The van der Waals surface area contributed by atoms with Crippen LogP contribution in [0.1, 0.15) is 54.6 Å². The van der Waals surface area contributed by atoms with Gasteiger partial charge in [0.2, 0.25) is 11.8 Å². The largest absolute Gasteiger partial charge is 0.345 e. The average molecular weight is 612 g/mol. The molecule has 1 saturated heterocycles. The second kappa shape index (κ2) is 11.0. The van der Waals surface area contributed by atoms with Crippen molar-refractivity contribution < 1.29 is 18.8 Å². The Morgan fingerprint density at radius 1 is 1.05 bits per heavy atom. The van der Waals surface area contributed by atoms with Crippen LogP contribution in [0.3, 0.4) is 0 Å². The standard InChI is InChI=1S/C32H33Cl2FN4O3/c1-31(2,3)16-24-32(21-14-11-18(33)15-23(21)37-30(32)42)25(20-7-6-8-22(34)26(20)35)27(38-24)28(40)36-19-12-9-17(10-13-19)29(41)39(4)5/h6-15,24-25,27,38H,16H2,1-5H3,(H,36,40)(H,37,42)/t24-,25+,27+,32?/m0/s1. The van der Waals surface area contributed by atoms with Crippen LogP contribution in [0.25, 0.3) is 0 Å². The van der Waals surface area contributed by atoms with Crippen LogP contribution in [0.4, 0.5) is 15.8 Å². The van der Waals surface area contributed by atoms with E-state index in [9.17, 15) is 14.4 Å². The summed E-state index contributed by atoms with van der Waals surface area (Å²) in [5.74, 6) is -2.59. The molecule has 0 bridgehead atoms. The van der Waals surface area contributed by atoms with Gasteiger partial charge in [0.1, 0.15) is 11.2 Å². The maximum absolute atomic E-state index is 15.9. The highest BCUT2D eigenvalue weighted by Crippen LogP contribution is 2.57. The monoisotopic (exact) mass is 610 g/mol. The van der Waals surface area contributed by atoms with Crippen molar-refractivity contribution in [2.45, 2.75) is 50.6 Å². The molecule has 3 N–H and O–H groups in total. The number of amides is 3. The van der Waals surface area contributed by atoms with E-state index in [1.165, 1.54) is 11.0 Å². The van der Waals surface area contributed by atoms with E-state index < -0.39 is 35.1 Å². The lowest BCUT2D eigenvalue weighted by Gasteiger charge is -2.37. The first-order valence-corrected chi connectivity index (χ1v) is 14.4. The van der Waals surface area contributed by atoms with Gasteiger partial charge in [-0.1, -0.05) is 62.2 Å². The van der Waals surface area contributed by atoms with E-state index >= 15 is 4.39 Å². The number of carbonyl (C=O) groups excluding carboxylic acids is 3. The second-order valence-corrected chi connectivity index (χ2v) is 13.2. The van der Waals surface area contributed by atoms with Crippen molar-refractivity contribution in [2.24, 2.45) is 5.41 Å². The van der Waals surface area contributed by atoms with Gasteiger partial charge < -0.3 is 20.9 Å². The maximum Gasteiger partial charge on any atom is 0.253 e. The summed E-state index contributed by atoms with van der Waals surface area (Å²) in [6, 6.07) is 14.8. The Morgan fingerprint density at radius 3 is 2.38 bits per heavy atom. The fourth-order valence-corrected chi connectivity index (χ4v) is 6.68. The van der Waals surface area contributed by atoms with Crippen LogP contribution in [0, 0.1) is 11.2 Å².